The number of nitrogens with one attached hydrogen (secondary N) is 1. The molecule has 8 heteroatoms. The summed E-state index contributed by atoms with van der Waals surface area (Å²) in [6, 6.07) is 3.30. The van der Waals surface area contributed by atoms with Crippen LogP contribution in [0.2, 0.25) is 0 Å². The summed E-state index contributed by atoms with van der Waals surface area (Å²) in [6.07, 6.45) is 2.94. The number of halogens is 3. The lowest BCUT2D eigenvalue weighted by Gasteiger charge is -2.07. The quantitative estimate of drug-likeness (QED) is 0.790. The molecule has 2 heterocycles. The zero-order valence-corrected chi connectivity index (χ0v) is 11.2. The summed E-state index contributed by atoms with van der Waals surface area (Å²) in [5.41, 5.74) is 0.769. The van der Waals surface area contributed by atoms with E-state index >= 15 is 0 Å². The van der Waals surface area contributed by atoms with Gasteiger partial charge in [0.2, 0.25) is 0 Å². The van der Waals surface area contributed by atoms with Gasteiger partial charge in [-0.25, -0.2) is 18.7 Å². The summed E-state index contributed by atoms with van der Waals surface area (Å²) in [4.78, 5) is 8.12. The fourth-order valence-electron chi connectivity index (χ4n) is 1.78. The molecule has 1 N–H and O–H groups in total. The smallest absolute Gasteiger partial charge is 0.163 e. The Kier molecular flexibility index (Phi) is 3.80. The molecule has 0 bridgehead atoms. The van der Waals surface area contributed by atoms with Gasteiger partial charge in [-0.2, -0.15) is 5.10 Å². The third-order valence-electron chi connectivity index (χ3n) is 2.71. The average molecular weight is 298 g/mol. The van der Waals surface area contributed by atoms with Crippen molar-refractivity contribution in [1.82, 2.24) is 19.7 Å². The van der Waals surface area contributed by atoms with Crippen molar-refractivity contribution >= 4 is 34.9 Å². The number of hydrogen-bond donors (Lipinski definition) is 1. The topological polar surface area (TPSA) is 55.6 Å². The largest absolute Gasteiger partial charge is 0.337 e. The summed E-state index contributed by atoms with van der Waals surface area (Å²) in [7, 11) is 1.75. The lowest BCUT2D eigenvalue weighted by molar-refractivity contribution is 0.586. The molecule has 0 aliphatic heterocycles. The fourth-order valence-corrected chi connectivity index (χ4v) is 1.78. The molecule has 0 aliphatic rings. The molecule has 0 saturated carbocycles. The lowest BCUT2D eigenvalue weighted by atomic mass is 10.3. The van der Waals surface area contributed by atoms with Gasteiger partial charge >= 0.3 is 0 Å². The van der Waals surface area contributed by atoms with Crippen LogP contribution >= 0.6 is 12.4 Å². The van der Waals surface area contributed by atoms with Gasteiger partial charge in [0.1, 0.15) is 23.8 Å². The molecule has 3 rings (SSSR count). The average Bonchev–Trinajstić information content (AvgIpc) is 2.76. The Morgan fingerprint density at radius 1 is 1.20 bits per heavy atom. The maximum absolute atomic E-state index is 13.6. The van der Waals surface area contributed by atoms with E-state index < -0.39 is 11.6 Å². The van der Waals surface area contributed by atoms with Crippen LogP contribution in [0, 0.1) is 11.6 Å². The van der Waals surface area contributed by atoms with Gasteiger partial charge in [0.05, 0.1) is 17.3 Å². The van der Waals surface area contributed by atoms with Crippen LogP contribution in [0.3, 0.4) is 0 Å². The molecule has 0 amide bonds. The summed E-state index contributed by atoms with van der Waals surface area (Å²) in [5.74, 6) is -0.892. The Bertz CT molecular complexity index is 759. The van der Waals surface area contributed by atoms with Crippen molar-refractivity contribution in [2.45, 2.75) is 0 Å². The Morgan fingerprint density at radius 2 is 2.00 bits per heavy atom. The minimum Gasteiger partial charge on any atom is -0.337 e. The second-order valence-electron chi connectivity index (χ2n) is 3.98. The van der Waals surface area contributed by atoms with Gasteiger partial charge in [0, 0.05) is 13.1 Å². The van der Waals surface area contributed by atoms with E-state index in [0.717, 1.165) is 6.07 Å². The Hall–Kier alpha value is -2.28. The number of nitrogens with zero attached hydrogens (tertiary/aromatic N) is 4. The van der Waals surface area contributed by atoms with Gasteiger partial charge in [0.25, 0.3) is 0 Å². The number of benzene rings is 1. The number of fused-ring (bicyclic) bond motifs is 1. The van der Waals surface area contributed by atoms with Gasteiger partial charge in [-0.3, -0.25) is 4.68 Å². The zero-order chi connectivity index (χ0) is 13.4. The fraction of sp³-hybridized carbons (Fsp3) is 0.0833. The van der Waals surface area contributed by atoms with Gasteiger partial charge < -0.3 is 5.32 Å². The summed E-state index contributed by atoms with van der Waals surface area (Å²) in [5, 5.41) is 7.53. The number of anilines is 2. The van der Waals surface area contributed by atoms with Crippen LogP contribution in [-0.2, 0) is 7.05 Å². The zero-order valence-electron chi connectivity index (χ0n) is 10.3. The predicted octanol–water partition coefficient (Wildman–Crippen LogP) is 2.81. The van der Waals surface area contributed by atoms with Crippen molar-refractivity contribution in [3.63, 3.8) is 0 Å². The Balaban J connectivity index is 0.00000147. The van der Waals surface area contributed by atoms with Crippen molar-refractivity contribution in [1.29, 1.82) is 0 Å². The van der Waals surface area contributed by atoms with Crippen molar-refractivity contribution in [3.8, 4) is 0 Å². The third kappa shape index (κ3) is 2.39. The van der Waals surface area contributed by atoms with Crippen LogP contribution in [0.1, 0.15) is 0 Å². The second-order valence-corrected chi connectivity index (χ2v) is 3.98. The molecule has 0 fully saturated rings. The van der Waals surface area contributed by atoms with E-state index in [4.69, 9.17) is 0 Å². The first-order chi connectivity index (χ1) is 9.15. The standard InChI is InChI=1S/C12H9F2N5.ClH/c1-19-12-8(5-17-19)11(15-6-16-12)18-10-3-2-7(13)4-9(10)14;/h2-6H,1H3,(H,15,16,18);1H. The van der Waals surface area contributed by atoms with Crippen LogP contribution in [0.5, 0.6) is 0 Å². The summed E-state index contributed by atoms with van der Waals surface area (Å²) in [6.45, 7) is 0. The molecule has 0 unspecified atom stereocenters. The Morgan fingerprint density at radius 3 is 2.75 bits per heavy atom. The Labute approximate surface area is 119 Å². The highest BCUT2D eigenvalue weighted by molar-refractivity contribution is 5.88. The SMILES string of the molecule is Cl.Cn1ncc2c(Nc3ccc(F)cc3F)ncnc21. The summed E-state index contributed by atoms with van der Waals surface area (Å²) < 4.78 is 28.0. The number of rotatable bonds is 2. The molecule has 0 spiro atoms. The molecular formula is C12H10ClF2N5. The van der Waals surface area contributed by atoms with Crippen LogP contribution in [0.15, 0.2) is 30.7 Å². The van der Waals surface area contributed by atoms with E-state index in [-0.39, 0.29) is 18.1 Å². The monoisotopic (exact) mass is 297 g/mol. The van der Waals surface area contributed by atoms with E-state index in [2.05, 4.69) is 20.4 Å². The molecule has 0 saturated heterocycles. The molecule has 5 nitrogen and oxygen atoms in total. The molecule has 20 heavy (non-hydrogen) atoms. The van der Waals surface area contributed by atoms with E-state index in [1.807, 2.05) is 0 Å². The summed E-state index contributed by atoms with van der Waals surface area (Å²) >= 11 is 0. The predicted molar refractivity (Wildman–Crippen MR) is 73.2 cm³/mol. The van der Waals surface area contributed by atoms with E-state index in [9.17, 15) is 8.78 Å². The third-order valence-corrected chi connectivity index (χ3v) is 2.71. The van der Waals surface area contributed by atoms with Gasteiger partial charge in [-0.1, -0.05) is 0 Å². The van der Waals surface area contributed by atoms with Crippen LogP contribution in [0.4, 0.5) is 20.3 Å². The first-order valence-corrected chi connectivity index (χ1v) is 5.50. The van der Waals surface area contributed by atoms with Crippen LogP contribution < -0.4 is 5.32 Å². The highest BCUT2D eigenvalue weighted by Crippen LogP contribution is 2.24. The van der Waals surface area contributed by atoms with Gasteiger partial charge in [0.15, 0.2) is 5.65 Å². The molecular weight excluding hydrogens is 288 g/mol. The first-order valence-electron chi connectivity index (χ1n) is 5.50. The van der Waals surface area contributed by atoms with E-state index in [1.165, 1.54) is 18.5 Å². The molecule has 1 aromatic carbocycles. The van der Waals surface area contributed by atoms with Crippen molar-refractivity contribution in [2.24, 2.45) is 7.05 Å². The maximum Gasteiger partial charge on any atom is 0.163 e. The number of aryl methyl sites for hydroxylation is 1. The van der Waals surface area contributed by atoms with E-state index in [0.29, 0.717) is 16.9 Å². The number of aromatic nitrogens is 4. The number of hydrogen-bond acceptors (Lipinski definition) is 4. The normalized spacial score (nSPS) is 10.3. The van der Waals surface area contributed by atoms with Crippen LogP contribution in [0.25, 0.3) is 11.0 Å². The van der Waals surface area contributed by atoms with Gasteiger partial charge in [-0.05, 0) is 12.1 Å². The molecule has 0 atom stereocenters. The first kappa shape index (κ1) is 14.1. The van der Waals surface area contributed by atoms with Crippen molar-refractivity contribution < 1.29 is 8.78 Å². The van der Waals surface area contributed by atoms with Crippen molar-refractivity contribution in [2.75, 3.05) is 5.32 Å². The maximum atomic E-state index is 13.6. The molecule has 2 aromatic heterocycles. The van der Waals surface area contributed by atoms with Crippen LogP contribution in [-0.4, -0.2) is 19.7 Å². The minimum absolute atomic E-state index is 0. The second kappa shape index (κ2) is 5.38. The highest BCUT2D eigenvalue weighted by atomic mass is 35.5. The minimum atomic E-state index is -0.685. The molecule has 104 valence electrons. The molecule has 0 radical (unpaired) electrons. The lowest BCUT2D eigenvalue weighted by Crippen LogP contribution is -1.99. The van der Waals surface area contributed by atoms with Gasteiger partial charge in [-0.15, -0.1) is 12.4 Å². The van der Waals surface area contributed by atoms with Crippen molar-refractivity contribution in [3.05, 3.63) is 42.4 Å². The van der Waals surface area contributed by atoms with E-state index in [1.54, 1.807) is 17.9 Å². The molecule has 3 aromatic rings. The molecule has 0 aliphatic carbocycles. The highest BCUT2D eigenvalue weighted by Gasteiger charge is 2.10.